The van der Waals surface area contributed by atoms with Gasteiger partial charge in [-0.2, -0.15) is 0 Å². The fourth-order valence-corrected chi connectivity index (χ4v) is 2.02. The summed E-state index contributed by atoms with van der Waals surface area (Å²) in [6.07, 6.45) is 2.61. The lowest BCUT2D eigenvalue weighted by atomic mass is 10.1. The SMILES string of the molecule is COC(=O)c1ccc(/C=C/C(=O)OCC(=O)NC(=O)c2ccccc2)cc1. The molecule has 2 aromatic rings. The highest BCUT2D eigenvalue weighted by atomic mass is 16.5. The smallest absolute Gasteiger partial charge is 0.337 e. The Morgan fingerprint density at radius 2 is 1.59 bits per heavy atom. The van der Waals surface area contributed by atoms with Crippen molar-refractivity contribution in [3.8, 4) is 0 Å². The first-order chi connectivity index (χ1) is 13.0. The summed E-state index contributed by atoms with van der Waals surface area (Å²) in [5.74, 6) is -2.50. The number of nitrogens with one attached hydrogen (secondary N) is 1. The topological polar surface area (TPSA) is 98.8 Å². The lowest BCUT2D eigenvalue weighted by Crippen LogP contribution is -2.33. The Morgan fingerprint density at radius 3 is 2.22 bits per heavy atom. The minimum absolute atomic E-state index is 0.326. The third kappa shape index (κ3) is 6.24. The number of hydrogen-bond donors (Lipinski definition) is 1. The summed E-state index contributed by atoms with van der Waals surface area (Å²) in [6.45, 7) is -0.580. The molecule has 2 amide bonds. The van der Waals surface area contributed by atoms with Crippen molar-refractivity contribution in [2.24, 2.45) is 0 Å². The van der Waals surface area contributed by atoms with Gasteiger partial charge in [-0.1, -0.05) is 30.3 Å². The molecular formula is C20H17NO6. The number of imide groups is 1. The first kappa shape index (κ1) is 19.6. The summed E-state index contributed by atoms with van der Waals surface area (Å²) < 4.78 is 9.37. The van der Waals surface area contributed by atoms with Crippen LogP contribution >= 0.6 is 0 Å². The fraction of sp³-hybridized carbons (Fsp3) is 0.100. The van der Waals surface area contributed by atoms with Crippen LogP contribution < -0.4 is 5.32 Å². The van der Waals surface area contributed by atoms with Crippen LogP contribution in [0.3, 0.4) is 0 Å². The van der Waals surface area contributed by atoms with Crippen molar-refractivity contribution in [2.75, 3.05) is 13.7 Å². The van der Waals surface area contributed by atoms with Crippen molar-refractivity contribution in [1.29, 1.82) is 0 Å². The average molecular weight is 367 g/mol. The van der Waals surface area contributed by atoms with E-state index in [1.54, 1.807) is 54.6 Å². The van der Waals surface area contributed by atoms with E-state index in [1.165, 1.54) is 13.2 Å². The molecule has 0 radical (unpaired) electrons. The van der Waals surface area contributed by atoms with Gasteiger partial charge in [0.2, 0.25) is 0 Å². The second-order valence-electron chi connectivity index (χ2n) is 5.30. The van der Waals surface area contributed by atoms with Gasteiger partial charge >= 0.3 is 11.9 Å². The molecule has 1 N–H and O–H groups in total. The number of methoxy groups -OCH3 is 1. The highest BCUT2D eigenvalue weighted by molar-refractivity contribution is 6.05. The van der Waals surface area contributed by atoms with Crippen LogP contribution in [0.25, 0.3) is 6.08 Å². The van der Waals surface area contributed by atoms with E-state index in [2.05, 4.69) is 10.1 Å². The van der Waals surface area contributed by atoms with Crippen LogP contribution in [-0.2, 0) is 19.1 Å². The van der Waals surface area contributed by atoms with Gasteiger partial charge in [0.05, 0.1) is 12.7 Å². The minimum Gasteiger partial charge on any atom is -0.465 e. The number of esters is 2. The van der Waals surface area contributed by atoms with E-state index in [4.69, 9.17) is 4.74 Å². The Hall–Kier alpha value is -3.74. The molecule has 0 fully saturated rings. The number of benzene rings is 2. The van der Waals surface area contributed by atoms with Gasteiger partial charge < -0.3 is 9.47 Å². The van der Waals surface area contributed by atoms with Gasteiger partial charge in [0.15, 0.2) is 6.61 Å². The number of amides is 2. The monoisotopic (exact) mass is 367 g/mol. The van der Waals surface area contributed by atoms with Crippen molar-refractivity contribution in [2.45, 2.75) is 0 Å². The quantitative estimate of drug-likeness (QED) is 0.619. The molecule has 7 heteroatoms. The average Bonchev–Trinajstić information content (AvgIpc) is 2.71. The van der Waals surface area contributed by atoms with Crippen molar-refractivity contribution in [1.82, 2.24) is 5.32 Å². The predicted octanol–water partition coefficient (Wildman–Crippen LogP) is 1.99. The Balaban J connectivity index is 1.79. The zero-order chi connectivity index (χ0) is 19.6. The summed E-state index contributed by atoms with van der Waals surface area (Å²) >= 11 is 0. The summed E-state index contributed by atoms with van der Waals surface area (Å²) in [6, 6.07) is 14.6. The zero-order valence-electron chi connectivity index (χ0n) is 14.5. The third-order valence-corrected chi connectivity index (χ3v) is 3.38. The van der Waals surface area contributed by atoms with Crippen LogP contribution in [0.5, 0.6) is 0 Å². The molecular weight excluding hydrogens is 350 g/mol. The molecule has 0 bridgehead atoms. The van der Waals surface area contributed by atoms with E-state index < -0.39 is 30.4 Å². The van der Waals surface area contributed by atoms with Crippen LogP contribution in [-0.4, -0.2) is 37.5 Å². The van der Waals surface area contributed by atoms with Crippen molar-refractivity contribution in [3.05, 3.63) is 77.4 Å². The van der Waals surface area contributed by atoms with Crippen LogP contribution in [0.4, 0.5) is 0 Å². The molecule has 2 rings (SSSR count). The molecule has 0 aliphatic carbocycles. The summed E-state index contributed by atoms with van der Waals surface area (Å²) in [4.78, 5) is 46.4. The second-order valence-corrected chi connectivity index (χ2v) is 5.30. The van der Waals surface area contributed by atoms with Gasteiger partial charge in [-0.25, -0.2) is 9.59 Å². The normalized spacial score (nSPS) is 10.3. The molecule has 0 saturated heterocycles. The van der Waals surface area contributed by atoms with Crippen LogP contribution in [0.15, 0.2) is 60.7 Å². The highest BCUT2D eigenvalue weighted by Crippen LogP contribution is 2.07. The van der Waals surface area contributed by atoms with Crippen molar-refractivity contribution in [3.63, 3.8) is 0 Å². The first-order valence-corrected chi connectivity index (χ1v) is 7.92. The van der Waals surface area contributed by atoms with E-state index in [1.807, 2.05) is 0 Å². The Bertz CT molecular complexity index is 856. The van der Waals surface area contributed by atoms with Gasteiger partial charge in [-0.3, -0.25) is 14.9 Å². The molecule has 0 unspecified atom stereocenters. The summed E-state index contributed by atoms with van der Waals surface area (Å²) in [7, 11) is 1.29. The van der Waals surface area contributed by atoms with Crippen LogP contribution in [0.1, 0.15) is 26.3 Å². The molecule has 0 aromatic heterocycles. The lowest BCUT2D eigenvalue weighted by Gasteiger charge is -2.04. The Kier molecular flexibility index (Phi) is 7.01. The van der Waals surface area contributed by atoms with Crippen LogP contribution in [0.2, 0.25) is 0 Å². The van der Waals surface area contributed by atoms with E-state index >= 15 is 0 Å². The maximum Gasteiger partial charge on any atom is 0.337 e. The minimum atomic E-state index is -0.741. The van der Waals surface area contributed by atoms with Crippen molar-refractivity contribution >= 4 is 29.8 Å². The molecule has 2 aromatic carbocycles. The Labute approximate surface area is 155 Å². The largest absolute Gasteiger partial charge is 0.465 e. The standard InChI is InChI=1S/C20H17NO6/c1-26-20(25)16-10-7-14(8-11-16)9-12-18(23)27-13-17(22)21-19(24)15-5-3-2-4-6-15/h2-12H,13H2,1H3,(H,21,22,24)/b12-9+. The summed E-state index contributed by atoms with van der Waals surface area (Å²) in [5, 5.41) is 2.12. The summed E-state index contributed by atoms with van der Waals surface area (Å²) in [5.41, 5.74) is 1.37. The molecule has 0 aliphatic rings. The molecule has 0 saturated carbocycles. The highest BCUT2D eigenvalue weighted by Gasteiger charge is 2.11. The maximum atomic E-state index is 11.8. The Morgan fingerprint density at radius 1 is 0.926 bits per heavy atom. The van der Waals surface area contributed by atoms with E-state index in [0.29, 0.717) is 16.7 Å². The third-order valence-electron chi connectivity index (χ3n) is 3.38. The molecule has 27 heavy (non-hydrogen) atoms. The fourth-order valence-electron chi connectivity index (χ4n) is 2.02. The number of rotatable bonds is 6. The second kappa shape index (κ2) is 9.67. The number of hydrogen-bond acceptors (Lipinski definition) is 6. The number of carbonyl (C=O) groups excluding carboxylic acids is 4. The van der Waals surface area contributed by atoms with E-state index in [9.17, 15) is 19.2 Å². The van der Waals surface area contributed by atoms with Crippen LogP contribution in [0, 0.1) is 0 Å². The number of carbonyl (C=O) groups is 4. The van der Waals surface area contributed by atoms with Gasteiger partial charge in [0, 0.05) is 11.6 Å². The van der Waals surface area contributed by atoms with Gasteiger partial charge in [-0.05, 0) is 35.9 Å². The molecule has 0 spiro atoms. The van der Waals surface area contributed by atoms with E-state index in [0.717, 1.165) is 6.08 Å². The first-order valence-electron chi connectivity index (χ1n) is 7.92. The van der Waals surface area contributed by atoms with Gasteiger partial charge in [-0.15, -0.1) is 0 Å². The van der Waals surface area contributed by atoms with E-state index in [-0.39, 0.29) is 0 Å². The maximum absolute atomic E-state index is 11.8. The molecule has 7 nitrogen and oxygen atoms in total. The van der Waals surface area contributed by atoms with Crippen molar-refractivity contribution < 1.29 is 28.7 Å². The zero-order valence-corrected chi connectivity index (χ0v) is 14.5. The molecule has 0 atom stereocenters. The van der Waals surface area contributed by atoms with Gasteiger partial charge in [0.1, 0.15) is 0 Å². The molecule has 0 aliphatic heterocycles. The number of ether oxygens (including phenoxy) is 2. The predicted molar refractivity (Wildman–Crippen MR) is 96.7 cm³/mol. The molecule has 0 heterocycles. The lowest BCUT2D eigenvalue weighted by molar-refractivity contribution is -0.143. The molecule has 138 valence electrons. The van der Waals surface area contributed by atoms with Gasteiger partial charge in [0.25, 0.3) is 11.8 Å².